The predicted octanol–water partition coefficient (Wildman–Crippen LogP) is 8.59. The Kier molecular flexibility index (Phi) is 8.35. The first-order valence-corrected chi connectivity index (χ1v) is 17.1. The molecule has 4 aliphatic rings. The van der Waals surface area contributed by atoms with E-state index in [1.165, 1.54) is 70.6 Å². The second-order valence-electron chi connectivity index (χ2n) is 9.64. The summed E-state index contributed by atoms with van der Waals surface area (Å²) in [5, 5.41) is 0.544. The molecule has 0 heterocycles. The highest BCUT2D eigenvalue weighted by molar-refractivity contribution is 14.2. The van der Waals surface area contributed by atoms with Crippen LogP contribution < -0.4 is 0 Å². The molecule has 4 rings (SSSR count). The maximum absolute atomic E-state index is 5.18. The number of rotatable bonds is 6. The van der Waals surface area contributed by atoms with Gasteiger partial charge in [0.15, 0.2) is 0 Å². The van der Waals surface area contributed by atoms with Crippen LogP contribution in [0.3, 0.4) is 0 Å². The Bertz CT molecular complexity index is 597. The van der Waals surface area contributed by atoms with Gasteiger partial charge in [0, 0.05) is 18.0 Å². The minimum absolute atomic E-state index is 0.221. The van der Waals surface area contributed by atoms with Gasteiger partial charge in [0.1, 0.15) is 0 Å². The molecule has 3 saturated carbocycles. The quantitative estimate of drug-likeness (QED) is 0.0831. The van der Waals surface area contributed by atoms with E-state index in [0.717, 1.165) is 30.1 Å². The summed E-state index contributed by atoms with van der Waals surface area (Å²) in [6, 6.07) is 0. The molecule has 160 valence electrons. The van der Waals surface area contributed by atoms with E-state index in [2.05, 4.69) is 84.1 Å². The van der Waals surface area contributed by atoms with E-state index in [9.17, 15) is 0 Å². The molecule has 0 aromatic heterocycles. The van der Waals surface area contributed by atoms with Crippen molar-refractivity contribution in [1.29, 1.82) is 0 Å². The highest BCUT2D eigenvalue weighted by atomic mass is 127. The molecule has 3 fully saturated rings. The van der Waals surface area contributed by atoms with E-state index < -0.39 is 0 Å². The lowest BCUT2D eigenvalue weighted by Gasteiger charge is -2.57. The fraction of sp³-hybridized carbons (Fsp3) is 0.909. The lowest BCUT2D eigenvalue weighted by molar-refractivity contribution is 0.0859. The first kappa shape index (κ1) is 23.7. The zero-order valence-electron chi connectivity index (χ0n) is 16.5. The molecule has 28 heavy (non-hydrogen) atoms. The van der Waals surface area contributed by atoms with Gasteiger partial charge in [-0.3, -0.25) is 0 Å². The third-order valence-corrected chi connectivity index (χ3v) is 15.2. The van der Waals surface area contributed by atoms with Crippen molar-refractivity contribution in [3.8, 4) is 0 Å². The number of thiol groups is 3. The van der Waals surface area contributed by atoms with E-state index in [4.69, 9.17) is 12.6 Å². The van der Waals surface area contributed by atoms with Crippen molar-refractivity contribution in [2.24, 2.45) is 23.7 Å². The Morgan fingerprint density at radius 1 is 1.07 bits per heavy atom. The Morgan fingerprint density at radius 3 is 2.64 bits per heavy atom. The average molecular weight is 681 g/mol. The van der Waals surface area contributed by atoms with Crippen molar-refractivity contribution in [3.63, 3.8) is 0 Å². The normalized spacial score (nSPS) is 43.9. The van der Waals surface area contributed by atoms with Gasteiger partial charge >= 0.3 is 0 Å². The van der Waals surface area contributed by atoms with Crippen LogP contribution in [-0.2, 0) is 0 Å². The summed E-state index contributed by atoms with van der Waals surface area (Å²) in [7, 11) is 2.19. The molecule has 6 heteroatoms. The molecule has 0 aromatic carbocycles. The van der Waals surface area contributed by atoms with Gasteiger partial charge in [0.25, 0.3) is 0 Å². The van der Waals surface area contributed by atoms with Crippen molar-refractivity contribution in [2.45, 2.75) is 95.1 Å². The van der Waals surface area contributed by atoms with Gasteiger partial charge in [-0.05, 0) is 109 Å². The molecule has 0 bridgehead atoms. The van der Waals surface area contributed by atoms with E-state index in [1.54, 1.807) is 0 Å². The van der Waals surface area contributed by atoms with Gasteiger partial charge in [0.2, 0.25) is 0 Å². The molecule has 0 spiro atoms. The summed E-state index contributed by atoms with van der Waals surface area (Å²) < 4.78 is 1.19. The number of alkyl halides is 1. The Labute approximate surface area is 218 Å². The van der Waals surface area contributed by atoms with Crippen LogP contribution >= 0.6 is 90.6 Å². The van der Waals surface area contributed by atoms with Crippen LogP contribution in [-0.4, -0.2) is 18.0 Å². The topological polar surface area (TPSA) is 0 Å². The SMILES string of the molecule is SC(S)CCCC(S)C1CCC2C3CC=C4CCCCC4(I)C3CCC12SI. The number of allylic oxidation sites excluding steroid dienone is 2. The van der Waals surface area contributed by atoms with E-state index in [1.807, 2.05) is 5.57 Å². The monoisotopic (exact) mass is 680 g/mol. The molecule has 4 aliphatic carbocycles. The number of fused-ring (bicyclic) bond motifs is 5. The Morgan fingerprint density at radius 2 is 1.89 bits per heavy atom. The van der Waals surface area contributed by atoms with Crippen LogP contribution in [0.2, 0.25) is 0 Å². The molecule has 7 atom stereocenters. The fourth-order valence-electron chi connectivity index (χ4n) is 7.26. The van der Waals surface area contributed by atoms with Crippen LogP contribution in [0.1, 0.15) is 77.0 Å². The molecule has 0 aromatic rings. The first-order chi connectivity index (χ1) is 13.4. The lowest BCUT2D eigenvalue weighted by atomic mass is 9.56. The van der Waals surface area contributed by atoms with Crippen LogP contribution in [0.25, 0.3) is 0 Å². The molecule has 0 saturated heterocycles. The largest absolute Gasteiger partial charge is 0.176 e. The molecule has 0 nitrogen and oxygen atoms in total. The second-order valence-corrected chi connectivity index (χ2v) is 16.1. The highest BCUT2D eigenvalue weighted by Crippen LogP contribution is 2.68. The zero-order valence-corrected chi connectivity index (χ0v) is 24.3. The van der Waals surface area contributed by atoms with Gasteiger partial charge in [-0.1, -0.05) is 56.0 Å². The molecule has 0 amide bonds. The Hall–Kier alpha value is 2.60. The van der Waals surface area contributed by atoms with Crippen molar-refractivity contribution in [2.75, 3.05) is 0 Å². The summed E-state index contributed by atoms with van der Waals surface area (Å²) in [6.07, 6.45) is 19.0. The summed E-state index contributed by atoms with van der Waals surface area (Å²) in [6.45, 7) is 0. The number of halogens is 2. The summed E-state index contributed by atoms with van der Waals surface area (Å²) in [5.41, 5.74) is 1.82. The van der Waals surface area contributed by atoms with Crippen LogP contribution in [0.15, 0.2) is 11.6 Å². The maximum Gasteiger partial charge on any atom is 0.0461 e. The average Bonchev–Trinajstić information content (AvgIpc) is 3.07. The smallest absolute Gasteiger partial charge is 0.0461 e. The van der Waals surface area contributed by atoms with E-state index in [-0.39, 0.29) is 4.58 Å². The van der Waals surface area contributed by atoms with Gasteiger partial charge in [-0.25, -0.2) is 0 Å². The van der Waals surface area contributed by atoms with Crippen LogP contribution in [0.4, 0.5) is 0 Å². The standard InChI is InChI=1S/C22H34I2S4/c23-21-12-2-1-4-14(21)7-8-15-16(21)11-13-22(28-24)17(15)9-10-18(22)19(25)5-3-6-20(26)27/h7,15-20,25-27H,1-6,8-13H2. The second kappa shape index (κ2) is 9.84. The number of hydrogen-bond acceptors (Lipinski definition) is 4. The molecular weight excluding hydrogens is 646 g/mol. The van der Waals surface area contributed by atoms with Gasteiger partial charge in [-0.2, -0.15) is 37.9 Å². The van der Waals surface area contributed by atoms with Crippen LogP contribution in [0, 0.1) is 23.7 Å². The predicted molar refractivity (Wildman–Crippen MR) is 153 cm³/mol. The molecule has 7 unspecified atom stereocenters. The number of hydrogen-bond donors (Lipinski definition) is 3. The molecule has 0 N–H and O–H groups in total. The van der Waals surface area contributed by atoms with Gasteiger partial charge in [0.05, 0.1) is 0 Å². The summed E-state index contributed by atoms with van der Waals surface area (Å²) in [5.74, 6) is 3.53. The van der Waals surface area contributed by atoms with E-state index in [0.29, 0.717) is 13.4 Å². The molecule has 0 radical (unpaired) electrons. The fourth-order valence-corrected chi connectivity index (χ4v) is 13.6. The minimum Gasteiger partial charge on any atom is -0.176 e. The summed E-state index contributed by atoms with van der Waals surface area (Å²) >= 11 is 19.6. The summed E-state index contributed by atoms with van der Waals surface area (Å²) in [4.78, 5) is 0. The third kappa shape index (κ3) is 4.25. The third-order valence-electron chi connectivity index (χ3n) is 8.49. The lowest BCUT2D eigenvalue weighted by Crippen LogP contribution is -2.54. The minimum atomic E-state index is 0.221. The van der Waals surface area contributed by atoms with Crippen molar-refractivity contribution < 1.29 is 0 Å². The van der Waals surface area contributed by atoms with E-state index >= 15 is 0 Å². The first-order valence-electron chi connectivity index (χ1n) is 11.1. The highest BCUT2D eigenvalue weighted by Gasteiger charge is 2.61. The Balaban J connectivity index is 1.53. The van der Waals surface area contributed by atoms with Gasteiger partial charge < -0.3 is 0 Å². The van der Waals surface area contributed by atoms with Gasteiger partial charge in [-0.15, -0.1) is 0 Å². The molecule has 0 aliphatic heterocycles. The van der Waals surface area contributed by atoms with Crippen molar-refractivity contribution >= 4 is 90.6 Å². The van der Waals surface area contributed by atoms with Crippen molar-refractivity contribution in [3.05, 3.63) is 11.6 Å². The van der Waals surface area contributed by atoms with Crippen LogP contribution in [0.5, 0.6) is 0 Å². The maximum atomic E-state index is 5.18. The zero-order chi connectivity index (χ0) is 19.9. The molecular formula is C22H34I2S4. The van der Waals surface area contributed by atoms with Crippen molar-refractivity contribution in [1.82, 2.24) is 0 Å².